The molecule has 1 fully saturated rings. The Labute approximate surface area is 108 Å². The molecule has 1 aliphatic rings. The van der Waals surface area contributed by atoms with Gasteiger partial charge in [-0.05, 0) is 12.6 Å². The minimum absolute atomic E-state index is 0.965. The molecule has 4 heteroatoms. The average molecular weight is 282 g/mol. The van der Waals surface area contributed by atoms with Gasteiger partial charge in [-0.25, -0.2) is 0 Å². The Balaban J connectivity index is 1.90. The molecule has 0 atom stereocenters. The molecule has 0 N–H and O–H groups in total. The monoisotopic (exact) mass is 282 g/mol. The van der Waals surface area contributed by atoms with E-state index in [1.165, 1.54) is 62.6 Å². The second-order valence-electron chi connectivity index (χ2n) is 4.12. The first kappa shape index (κ1) is 14.4. The van der Waals surface area contributed by atoms with E-state index in [2.05, 4.69) is 29.7 Å². The van der Waals surface area contributed by atoms with Crippen molar-refractivity contribution in [2.24, 2.45) is 0 Å². The minimum atomic E-state index is -0.965. The van der Waals surface area contributed by atoms with Crippen molar-refractivity contribution in [2.75, 3.05) is 17.7 Å². The number of hydrogen-bond acceptors (Lipinski definition) is 3. The number of hydrogen-bond donors (Lipinski definition) is 0. The fourth-order valence-corrected chi connectivity index (χ4v) is 12.4. The molecule has 0 aliphatic carbocycles. The Morgan fingerprint density at radius 3 is 2.07 bits per heavy atom. The summed E-state index contributed by atoms with van der Waals surface area (Å²) in [5.41, 5.74) is 0. The fourth-order valence-electron chi connectivity index (χ4n) is 1.78. The molecule has 0 radical (unpaired) electrons. The predicted molar refractivity (Wildman–Crippen MR) is 82.1 cm³/mol. The van der Waals surface area contributed by atoms with Crippen molar-refractivity contribution in [1.82, 2.24) is 0 Å². The predicted octanol–water partition coefficient (Wildman–Crippen LogP) is 5.53. The second kappa shape index (κ2) is 8.44. The lowest BCUT2D eigenvalue weighted by Gasteiger charge is -2.12. The van der Waals surface area contributed by atoms with Gasteiger partial charge in [0, 0.05) is 11.5 Å². The maximum Gasteiger partial charge on any atom is 0.0572 e. The summed E-state index contributed by atoms with van der Waals surface area (Å²) in [6.45, 7) is 2.28. The van der Waals surface area contributed by atoms with E-state index in [4.69, 9.17) is 11.8 Å². The van der Waals surface area contributed by atoms with E-state index in [9.17, 15) is 0 Å². The molecule has 0 bridgehead atoms. The van der Waals surface area contributed by atoms with Gasteiger partial charge in [-0.3, -0.25) is 0 Å². The average Bonchev–Trinajstić information content (AvgIpc) is 2.64. The van der Waals surface area contributed by atoms with Crippen LogP contribution in [0.2, 0.25) is 0 Å². The largest absolute Gasteiger partial charge is 0.113 e. The standard InChI is InChI=1S/C11H23PS3/c1-2-3-4-5-6-7-8-9-12(13)14-10-11-15-12/h2-11H2,1H3. The van der Waals surface area contributed by atoms with Crippen molar-refractivity contribution in [1.29, 1.82) is 0 Å². The van der Waals surface area contributed by atoms with Gasteiger partial charge in [-0.15, -0.1) is 22.8 Å². The number of unbranched alkanes of at least 4 members (excludes halogenated alkanes) is 6. The van der Waals surface area contributed by atoms with Gasteiger partial charge in [0.1, 0.15) is 0 Å². The highest BCUT2D eigenvalue weighted by molar-refractivity contribution is 9.01. The normalized spacial score (nSPS) is 19.5. The van der Waals surface area contributed by atoms with Crippen LogP contribution in [0, 0.1) is 0 Å². The van der Waals surface area contributed by atoms with E-state index in [0.29, 0.717) is 0 Å². The van der Waals surface area contributed by atoms with Crippen LogP contribution in [0.4, 0.5) is 0 Å². The lowest BCUT2D eigenvalue weighted by molar-refractivity contribution is 0.603. The summed E-state index contributed by atoms with van der Waals surface area (Å²) in [6.07, 6.45) is 11.3. The van der Waals surface area contributed by atoms with E-state index < -0.39 is 4.44 Å². The molecular formula is C11H23PS3. The summed E-state index contributed by atoms with van der Waals surface area (Å²) in [6, 6.07) is 0. The summed E-state index contributed by atoms with van der Waals surface area (Å²) in [5, 5.41) is 0. The third-order valence-electron chi connectivity index (χ3n) is 2.69. The first-order valence-corrected chi connectivity index (χ1v) is 12.3. The van der Waals surface area contributed by atoms with Crippen LogP contribution in [0.3, 0.4) is 0 Å². The van der Waals surface area contributed by atoms with Crippen molar-refractivity contribution in [3.8, 4) is 0 Å². The van der Waals surface area contributed by atoms with Crippen LogP contribution in [-0.4, -0.2) is 17.7 Å². The molecule has 0 saturated carbocycles. The van der Waals surface area contributed by atoms with Gasteiger partial charge < -0.3 is 0 Å². The van der Waals surface area contributed by atoms with Crippen LogP contribution in [0.25, 0.3) is 0 Å². The zero-order valence-electron chi connectivity index (χ0n) is 9.74. The van der Waals surface area contributed by atoms with Gasteiger partial charge >= 0.3 is 0 Å². The van der Waals surface area contributed by atoms with E-state index >= 15 is 0 Å². The van der Waals surface area contributed by atoms with E-state index in [-0.39, 0.29) is 0 Å². The SMILES string of the molecule is CCCCCCCCCP1(=S)SCCS1. The van der Waals surface area contributed by atoms with Crippen LogP contribution < -0.4 is 0 Å². The van der Waals surface area contributed by atoms with Crippen molar-refractivity contribution < 1.29 is 0 Å². The van der Waals surface area contributed by atoms with Gasteiger partial charge in [0.05, 0.1) is 4.44 Å². The fraction of sp³-hybridized carbons (Fsp3) is 1.00. The highest BCUT2D eigenvalue weighted by atomic mass is 33.2. The lowest BCUT2D eigenvalue weighted by Crippen LogP contribution is -1.83. The minimum Gasteiger partial charge on any atom is -0.113 e. The Kier molecular flexibility index (Phi) is 8.11. The molecule has 0 aromatic rings. The molecule has 15 heavy (non-hydrogen) atoms. The molecule has 0 aromatic carbocycles. The van der Waals surface area contributed by atoms with Crippen LogP contribution in [0.1, 0.15) is 51.9 Å². The van der Waals surface area contributed by atoms with E-state index in [1.807, 2.05) is 0 Å². The molecule has 1 aliphatic heterocycles. The molecule has 0 unspecified atom stereocenters. The molecule has 0 aromatic heterocycles. The second-order valence-corrected chi connectivity index (χ2v) is 16.4. The quantitative estimate of drug-likeness (QED) is 0.424. The van der Waals surface area contributed by atoms with Crippen LogP contribution in [0.5, 0.6) is 0 Å². The first-order valence-electron chi connectivity index (χ1n) is 6.15. The summed E-state index contributed by atoms with van der Waals surface area (Å²) in [4.78, 5) is 0. The summed E-state index contributed by atoms with van der Waals surface area (Å²) in [7, 11) is 0. The third-order valence-corrected chi connectivity index (χ3v) is 14.3. The van der Waals surface area contributed by atoms with E-state index in [1.54, 1.807) is 0 Å². The van der Waals surface area contributed by atoms with Crippen molar-refractivity contribution in [2.45, 2.75) is 51.9 Å². The van der Waals surface area contributed by atoms with Gasteiger partial charge in [0.15, 0.2) is 0 Å². The van der Waals surface area contributed by atoms with Crippen LogP contribution in [-0.2, 0) is 11.8 Å². The first-order chi connectivity index (χ1) is 7.27. The molecule has 90 valence electrons. The van der Waals surface area contributed by atoms with Gasteiger partial charge in [0.2, 0.25) is 0 Å². The Bertz CT molecular complexity index is 196. The van der Waals surface area contributed by atoms with Gasteiger partial charge in [-0.2, -0.15) is 0 Å². The topological polar surface area (TPSA) is 0 Å². The van der Waals surface area contributed by atoms with Crippen molar-refractivity contribution in [3.63, 3.8) is 0 Å². The Morgan fingerprint density at radius 2 is 1.47 bits per heavy atom. The maximum atomic E-state index is 5.72. The molecule has 0 spiro atoms. The van der Waals surface area contributed by atoms with Gasteiger partial charge in [-0.1, -0.05) is 57.3 Å². The Hall–Kier alpha value is 1.35. The zero-order valence-corrected chi connectivity index (χ0v) is 13.1. The highest BCUT2D eigenvalue weighted by Crippen LogP contribution is 2.73. The molecule has 0 nitrogen and oxygen atoms in total. The number of rotatable bonds is 8. The summed E-state index contributed by atoms with van der Waals surface area (Å²) in [5.74, 6) is 2.64. The van der Waals surface area contributed by atoms with E-state index in [0.717, 1.165) is 0 Å². The molecule has 0 amide bonds. The van der Waals surface area contributed by atoms with Gasteiger partial charge in [0.25, 0.3) is 0 Å². The summed E-state index contributed by atoms with van der Waals surface area (Å²) >= 11 is 9.93. The zero-order chi connectivity index (χ0) is 11.0. The van der Waals surface area contributed by atoms with Crippen molar-refractivity contribution >= 4 is 39.0 Å². The Morgan fingerprint density at radius 1 is 0.933 bits per heavy atom. The highest BCUT2D eigenvalue weighted by Gasteiger charge is 2.22. The molecule has 1 rings (SSSR count). The van der Waals surface area contributed by atoms with Crippen LogP contribution in [0.15, 0.2) is 0 Å². The third kappa shape index (κ3) is 6.61. The smallest absolute Gasteiger partial charge is 0.0572 e. The van der Waals surface area contributed by atoms with Crippen molar-refractivity contribution in [3.05, 3.63) is 0 Å². The van der Waals surface area contributed by atoms with Crippen LogP contribution >= 0.6 is 27.2 Å². The molecular weight excluding hydrogens is 259 g/mol. The molecule has 1 heterocycles. The molecule has 1 saturated heterocycles. The summed E-state index contributed by atoms with van der Waals surface area (Å²) < 4.78 is -0.965. The lowest BCUT2D eigenvalue weighted by atomic mass is 10.1. The maximum absolute atomic E-state index is 5.72.